The van der Waals surface area contributed by atoms with Crippen molar-refractivity contribution in [3.05, 3.63) is 81.7 Å². The van der Waals surface area contributed by atoms with E-state index in [2.05, 4.69) is 14.8 Å². The highest BCUT2D eigenvalue weighted by Crippen LogP contribution is 2.29. The molecule has 0 aliphatic rings. The number of rotatable bonds is 5. The Morgan fingerprint density at radius 1 is 1.00 bits per heavy atom. The third-order valence-corrected chi connectivity index (χ3v) is 6.96. The number of anilines is 1. The number of hydrogen-bond acceptors (Lipinski definition) is 4. The lowest BCUT2D eigenvalue weighted by Crippen LogP contribution is -2.15. The van der Waals surface area contributed by atoms with Gasteiger partial charge in [0.05, 0.1) is 29.1 Å². The summed E-state index contributed by atoms with van der Waals surface area (Å²) in [5.41, 5.74) is 2.76. The van der Waals surface area contributed by atoms with Gasteiger partial charge in [-0.15, -0.1) is 0 Å². The normalized spacial score (nSPS) is 11.7. The van der Waals surface area contributed by atoms with Crippen LogP contribution in [0.2, 0.25) is 10.0 Å². The topological polar surface area (TPSA) is 76.9 Å². The van der Waals surface area contributed by atoms with Crippen LogP contribution in [0.25, 0.3) is 10.9 Å². The van der Waals surface area contributed by atoms with Crippen molar-refractivity contribution in [1.82, 2.24) is 14.8 Å². The third kappa shape index (κ3) is 3.76. The molecule has 0 fully saturated rings. The fraction of sp³-hybridized carbons (Fsp3) is 0.143. The standard InChI is InChI=1S/C21H18Cl2N4O2S/c1-13-20(14(2)27(25-13)12-16-17(22)8-4-9-18(16)23)26-30(28,29)19-10-3-6-15-7-5-11-24-21(15)19/h3-11,26H,12H2,1-2H3. The van der Waals surface area contributed by atoms with E-state index < -0.39 is 10.0 Å². The first-order valence-corrected chi connectivity index (χ1v) is 11.4. The minimum Gasteiger partial charge on any atom is -0.276 e. The van der Waals surface area contributed by atoms with Crippen molar-refractivity contribution in [2.45, 2.75) is 25.3 Å². The van der Waals surface area contributed by atoms with Crippen LogP contribution in [0.4, 0.5) is 5.69 Å². The zero-order chi connectivity index (χ0) is 21.5. The van der Waals surface area contributed by atoms with Gasteiger partial charge in [0.25, 0.3) is 10.0 Å². The molecule has 1 N–H and O–H groups in total. The maximum atomic E-state index is 13.2. The van der Waals surface area contributed by atoms with Crippen LogP contribution in [0.1, 0.15) is 17.0 Å². The number of sulfonamides is 1. The molecule has 0 unspecified atom stereocenters. The van der Waals surface area contributed by atoms with Crippen LogP contribution < -0.4 is 4.72 Å². The summed E-state index contributed by atoms with van der Waals surface area (Å²) < 4.78 is 30.7. The number of nitrogens with zero attached hydrogens (tertiary/aromatic N) is 3. The average Bonchev–Trinajstić information content (AvgIpc) is 2.97. The van der Waals surface area contributed by atoms with E-state index in [0.29, 0.717) is 39.2 Å². The maximum absolute atomic E-state index is 13.2. The van der Waals surface area contributed by atoms with Gasteiger partial charge in [-0.25, -0.2) is 8.42 Å². The van der Waals surface area contributed by atoms with E-state index in [1.165, 1.54) is 6.07 Å². The van der Waals surface area contributed by atoms with E-state index in [-0.39, 0.29) is 4.90 Å². The van der Waals surface area contributed by atoms with Crippen molar-refractivity contribution in [2.75, 3.05) is 4.72 Å². The number of aryl methyl sites for hydroxylation is 1. The van der Waals surface area contributed by atoms with E-state index in [1.807, 2.05) is 12.1 Å². The highest BCUT2D eigenvalue weighted by Gasteiger charge is 2.23. The Morgan fingerprint density at radius 2 is 1.67 bits per heavy atom. The quantitative estimate of drug-likeness (QED) is 0.443. The van der Waals surface area contributed by atoms with Gasteiger partial charge in [-0.05, 0) is 38.1 Å². The Morgan fingerprint density at radius 3 is 2.40 bits per heavy atom. The first-order valence-electron chi connectivity index (χ1n) is 9.11. The molecular formula is C21H18Cl2N4O2S. The number of hydrogen-bond donors (Lipinski definition) is 1. The molecule has 0 spiro atoms. The second kappa shape index (κ2) is 7.91. The van der Waals surface area contributed by atoms with Gasteiger partial charge in [-0.1, -0.05) is 47.5 Å². The molecule has 2 aromatic carbocycles. The summed E-state index contributed by atoms with van der Waals surface area (Å²) >= 11 is 12.6. The Labute approximate surface area is 184 Å². The summed E-state index contributed by atoms with van der Waals surface area (Å²) in [6, 6.07) is 13.9. The zero-order valence-electron chi connectivity index (χ0n) is 16.2. The molecular weight excluding hydrogens is 443 g/mol. The minimum atomic E-state index is -3.88. The van der Waals surface area contributed by atoms with Gasteiger partial charge in [-0.3, -0.25) is 14.4 Å². The highest BCUT2D eigenvalue weighted by molar-refractivity contribution is 7.93. The number of aromatic nitrogens is 3. The number of fused-ring (bicyclic) bond motifs is 1. The van der Waals surface area contributed by atoms with Crippen molar-refractivity contribution in [2.24, 2.45) is 0 Å². The Hall–Kier alpha value is -2.61. The van der Waals surface area contributed by atoms with E-state index >= 15 is 0 Å². The molecule has 0 aliphatic heterocycles. The van der Waals surface area contributed by atoms with E-state index in [9.17, 15) is 8.42 Å². The molecule has 9 heteroatoms. The summed E-state index contributed by atoms with van der Waals surface area (Å²) in [7, 11) is -3.88. The van der Waals surface area contributed by atoms with Gasteiger partial charge >= 0.3 is 0 Å². The fourth-order valence-electron chi connectivity index (χ4n) is 3.31. The van der Waals surface area contributed by atoms with Crippen molar-refractivity contribution >= 4 is 49.8 Å². The molecule has 0 amide bonds. The van der Waals surface area contributed by atoms with Crippen LogP contribution in [-0.2, 0) is 16.6 Å². The Balaban J connectivity index is 1.72. The van der Waals surface area contributed by atoms with E-state index in [1.54, 1.807) is 55.1 Å². The first-order chi connectivity index (χ1) is 14.3. The third-order valence-electron chi connectivity index (χ3n) is 4.87. The lowest BCUT2D eigenvalue weighted by Gasteiger charge is -2.11. The van der Waals surface area contributed by atoms with Gasteiger partial charge < -0.3 is 0 Å². The maximum Gasteiger partial charge on any atom is 0.264 e. The van der Waals surface area contributed by atoms with Crippen LogP contribution in [0, 0.1) is 13.8 Å². The predicted molar refractivity (Wildman–Crippen MR) is 120 cm³/mol. The van der Waals surface area contributed by atoms with Crippen LogP contribution in [0.5, 0.6) is 0 Å². The monoisotopic (exact) mass is 460 g/mol. The summed E-state index contributed by atoms with van der Waals surface area (Å²) in [6.45, 7) is 3.86. The van der Waals surface area contributed by atoms with Crippen molar-refractivity contribution in [3.8, 4) is 0 Å². The molecule has 30 heavy (non-hydrogen) atoms. The highest BCUT2D eigenvalue weighted by atomic mass is 35.5. The molecule has 0 saturated carbocycles. The molecule has 0 saturated heterocycles. The number of benzene rings is 2. The lowest BCUT2D eigenvalue weighted by molar-refractivity contribution is 0.601. The molecule has 0 atom stereocenters. The van der Waals surface area contributed by atoms with Gasteiger partial charge in [0.2, 0.25) is 0 Å². The molecule has 6 nitrogen and oxygen atoms in total. The molecule has 4 rings (SSSR count). The summed E-state index contributed by atoms with van der Waals surface area (Å²) in [4.78, 5) is 4.36. The molecule has 154 valence electrons. The van der Waals surface area contributed by atoms with Crippen molar-refractivity contribution < 1.29 is 8.42 Å². The van der Waals surface area contributed by atoms with Crippen LogP contribution in [0.3, 0.4) is 0 Å². The largest absolute Gasteiger partial charge is 0.276 e. The summed E-state index contributed by atoms with van der Waals surface area (Å²) in [5, 5.41) is 6.29. The zero-order valence-corrected chi connectivity index (χ0v) is 18.6. The van der Waals surface area contributed by atoms with Crippen molar-refractivity contribution in [3.63, 3.8) is 0 Å². The number of pyridine rings is 1. The molecule has 4 aromatic rings. The molecule has 2 heterocycles. The smallest absolute Gasteiger partial charge is 0.264 e. The Bertz CT molecular complexity index is 1340. The van der Waals surface area contributed by atoms with E-state index in [4.69, 9.17) is 23.2 Å². The Kier molecular flexibility index (Phi) is 5.44. The molecule has 0 radical (unpaired) electrons. The minimum absolute atomic E-state index is 0.112. The summed E-state index contributed by atoms with van der Waals surface area (Å²) in [6.07, 6.45) is 1.57. The fourth-order valence-corrected chi connectivity index (χ4v) is 5.19. The van der Waals surface area contributed by atoms with Gasteiger partial charge in [0.1, 0.15) is 4.90 Å². The number of halogens is 2. The summed E-state index contributed by atoms with van der Waals surface area (Å²) in [5.74, 6) is 0. The van der Waals surface area contributed by atoms with Crippen LogP contribution >= 0.6 is 23.2 Å². The SMILES string of the molecule is Cc1nn(Cc2c(Cl)cccc2Cl)c(C)c1NS(=O)(=O)c1cccc2cccnc12. The number of para-hydroxylation sites is 1. The predicted octanol–water partition coefficient (Wildman–Crippen LogP) is 5.20. The van der Waals surface area contributed by atoms with Crippen LogP contribution in [0.15, 0.2) is 59.6 Å². The molecule has 2 aromatic heterocycles. The van der Waals surface area contributed by atoms with Gasteiger partial charge in [0, 0.05) is 27.2 Å². The van der Waals surface area contributed by atoms with Crippen LogP contribution in [-0.4, -0.2) is 23.2 Å². The second-order valence-electron chi connectivity index (χ2n) is 6.84. The van der Waals surface area contributed by atoms with Gasteiger partial charge in [-0.2, -0.15) is 5.10 Å². The second-order valence-corrected chi connectivity index (χ2v) is 9.31. The van der Waals surface area contributed by atoms with E-state index in [0.717, 1.165) is 10.9 Å². The average molecular weight is 461 g/mol. The number of nitrogens with one attached hydrogen (secondary N) is 1. The molecule has 0 bridgehead atoms. The van der Waals surface area contributed by atoms with Gasteiger partial charge in [0.15, 0.2) is 0 Å². The van der Waals surface area contributed by atoms with Crippen molar-refractivity contribution in [1.29, 1.82) is 0 Å². The lowest BCUT2D eigenvalue weighted by atomic mass is 10.2. The molecule has 0 aliphatic carbocycles. The first kappa shape index (κ1) is 20.7.